The largest absolute Gasteiger partial charge is 0.482 e. The van der Waals surface area contributed by atoms with Gasteiger partial charge in [-0.15, -0.1) is 6.58 Å². The van der Waals surface area contributed by atoms with Crippen LogP contribution < -0.4 is 10.2 Å². The van der Waals surface area contributed by atoms with Gasteiger partial charge >= 0.3 is 5.97 Å². The summed E-state index contributed by atoms with van der Waals surface area (Å²) in [6.07, 6.45) is 3.23. The summed E-state index contributed by atoms with van der Waals surface area (Å²) in [5.74, 6) is -1.79. The number of carbonyl (C=O) groups excluding carboxylic acids is 2. The zero-order chi connectivity index (χ0) is 23.8. The number of benzene rings is 2. The van der Waals surface area contributed by atoms with E-state index in [0.717, 1.165) is 11.1 Å². The van der Waals surface area contributed by atoms with Crippen LogP contribution in [-0.4, -0.2) is 23.4 Å². The van der Waals surface area contributed by atoms with Crippen LogP contribution in [0.2, 0.25) is 0 Å². The van der Waals surface area contributed by atoms with E-state index in [0.29, 0.717) is 6.42 Å². The third-order valence-electron chi connectivity index (χ3n) is 5.02. The van der Waals surface area contributed by atoms with Crippen molar-refractivity contribution in [3.63, 3.8) is 0 Å². The number of carbonyl (C=O) groups is 2. The maximum atomic E-state index is 13.2. The minimum Gasteiger partial charge on any atom is -0.482 e. The zero-order valence-corrected chi connectivity index (χ0v) is 18.3. The minimum absolute atomic E-state index is 0.0292. The molecule has 1 heterocycles. The smallest absolute Gasteiger partial charge is 0.358 e. The van der Waals surface area contributed by atoms with Gasteiger partial charge in [0.2, 0.25) is 5.43 Å². The highest BCUT2D eigenvalue weighted by atomic mass is 19.1. The molecule has 1 aromatic heterocycles. The second-order valence-corrected chi connectivity index (χ2v) is 7.31. The maximum absolute atomic E-state index is 13.2. The number of pyridine rings is 1. The van der Waals surface area contributed by atoms with Crippen molar-refractivity contribution in [2.75, 3.05) is 7.11 Å². The van der Waals surface area contributed by atoms with E-state index in [-0.39, 0.29) is 42.4 Å². The van der Waals surface area contributed by atoms with E-state index in [9.17, 15) is 18.8 Å². The highest BCUT2D eigenvalue weighted by Gasteiger charge is 2.26. The SMILES string of the molecule is C=CCn1cc(C(=O)CCc2ccc(F)cc2)c(=O)c(OCc2ccccc2)c1C(=O)OC. The van der Waals surface area contributed by atoms with Gasteiger partial charge in [0.15, 0.2) is 17.2 Å². The standard InChI is InChI=1S/C26H24FNO5/c1-3-15-28-16-21(22(29)14-11-18-9-12-20(27)13-10-18)24(30)25(23(28)26(31)32-2)33-17-19-7-5-4-6-8-19/h3-10,12-13,16H,1,11,14-15,17H2,2H3. The molecule has 7 heteroatoms. The highest BCUT2D eigenvalue weighted by Crippen LogP contribution is 2.20. The number of hydrogen-bond donors (Lipinski definition) is 0. The fourth-order valence-electron chi connectivity index (χ4n) is 3.33. The van der Waals surface area contributed by atoms with Crippen molar-refractivity contribution in [2.24, 2.45) is 0 Å². The molecule has 0 spiro atoms. The Bertz CT molecular complexity index is 1200. The van der Waals surface area contributed by atoms with Gasteiger partial charge in [-0.1, -0.05) is 48.5 Å². The van der Waals surface area contributed by atoms with Crippen LogP contribution in [0.4, 0.5) is 4.39 Å². The molecule has 0 aliphatic carbocycles. The third-order valence-corrected chi connectivity index (χ3v) is 5.02. The van der Waals surface area contributed by atoms with Crippen molar-refractivity contribution in [1.29, 1.82) is 0 Å². The first-order chi connectivity index (χ1) is 15.9. The summed E-state index contributed by atoms with van der Waals surface area (Å²) in [6, 6.07) is 14.9. The van der Waals surface area contributed by atoms with E-state index < -0.39 is 17.2 Å². The molecule has 2 aromatic carbocycles. The van der Waals surface area contributed by atoms with Gasteiger partial charge in [-0.2, -0.15) is 0 Å². The number of aromatic nitrogens is 1. The maximum Gasteiger partial charge on any atom is 0.358 e. The van der Waals surface area contributed by atoms with E-state index >= 15 is 0 Å². The summed E-state index contributed by atoms with van der Waals surface area (Å²) in [4.78, 5) is 38.7. The Morgan fingerprint density at radius 1 is 1.06 bits per heavy atom. The van der Waals surface area contributed by atoms with Crippen LogP contribution in [0.1, 0.15) is 38.4 Å². The Hall–Kier alpha value is -4.00. The third kappa shape index (κ3) is 5.83. The number of esters is 1. The van der Waals surface area contributed by atoms with Gasteiger partial charge in [0, 0.05) is 19.2 Å². The van der Waals surface area contributed by atoms with Crippen LogP contribution in [0.25, 0.3) is 0 Å². The summed E-state index contributed by atoms with van der Waals surface area (Å²) in [5, 5.41) is 0. The van der Waals surface area contributed by atoms with Crippen LogP contribution >= 0.6 is 0 Å². The van der Waals surface area contributed by atoms with Crippen LogP contribution in [-0.2, 0) is 24.3 Å². The van der Waals surface area contributed by atoms with Gasteiger partial charge in [0.1, 0.15) is 12.4 Å². The van der Waals surface area contributed by atoms with Crippen molar-refractivity contribution in [3.8, 4) is 5.75 Å². The van der Waals surface area contributed by atoms with E-state index in [1.165, 1.54) is 36.1 Å². The van der Waals surface area contributed by atoms with E-state index in [4.69, 9.17) is 9.47 Å². The fraction of sp³-hybridized carbons (Fsp3) is 0.192. The average Bonchev–Trinajstić information content (AvgIpc) is 2.83. The number of nitrogens with zero attached hydrogens (tertiary/aromatic N) is 1. The number of ketones is 1. The van der Waals surface area contributed by atoms with Gasteiger partial charge in [0.25, 0.3) is 0 Å². The van der Waals surface area contributed by atoms with E-state index in [1.807, 2.05) is 30.3 Å². The lowest BCUT2D eigenvalue weighted by Crippen LogP contribution is -2.26. The molecule has 0 aliphatic heterocycles. The molecule has 6 nitrogen and oxygen atoms in total. The summed E-state index contributed by atoms with van der Waals surface area (Å²) >= 11 is 0. The Balaban J connectivity index is 1.98. The number of allylic oxidation sites excluding steroid dienone is 1. The molecule has 0 saturated heterocycles. The van der Waals surface area contributed by atoms with E-state index in [2.05, 4.69) is 6.58 Å². The number of methoxy groups -OCH3 is 1. The lowest BCUT2D eigenvalue weighted by molar-refractivity contribution is 0.0580. The van der Waals surface area contributed by atoms with Crippen molar-refractivity contribution in [3.05, 3.63) is 112 Å². The molecule has 0 saturated carbocycles. The minimum atomic E-state index is -0.762. The van der Waals surface area contributed by atoms with Crippen LogP contribution in [0.3, 0.4) is 0 Å². The number of Topliss-reactive ketones (excluding diaryl/α,β-unsaturated/α-hetero) is 1. The molecule has 0 bridgehead atoms. The van der Waals surface area contributed by atoms with Crippen LogP contribution in [0, 0.1) is 5.82 Å². The molecule has 3 rings (SSSR count). The second kappa shape index (κ2) is 11.0. The molecule has 0 radical (unpaired) electrons. The predicted molar refractivity (Wildman–Crippen MR) is 122 cm³/mol. The molecule has 0 atom stereocenters. The molecular weight excluding hydrogens is 425 g/mol. The van der Waals surface area contributed by atoms with Crippen molar-refractivity contribution < 1.29 is 23.5 Å². The van der Waals surface area contributed by atoms with Gasteiger partial charge < -0.3 is 14.0 Å². The molecule has 170 valence electrons. The van der Waals surface area contributed by atoms with Gasteiger partial charge in [-0.05, 0) is 29.7 Å². The van der Waals surface area contributed by atoms with Crippen LogP contribution in [0.15, 0.2) is 78.2 Å². The lowest BCUT2D eigenvalue weighted by atomic mass is 10.0. The fourth-order valence-corrected chi connectivity index (χ4v) is 3.33. The normalized spacial score (nSPS) is 10.5. The van der Waals surface area contributed by atoms with Crippen molar-refractivity contribution in [1.82, 2.24) is 4.57 Å². The molecular formula is C26H24FNO5. The first-order valence-corrected chi connectivity index (χ1v) is 10.4. The lowest BCUT2D eigenvalue weighted by Gasteiger charge is -2.17. The molecule has 0 fully saturated rings. The Morgan fingerprint density at radius 3 is 2.39 bits per heavy atom. The molecule has 0 unspecified atom stereocenters. The average molecular weight is 449 g/mol. The quantitative estimate of drug-likeness (QED) is 0.261. The van der Waals surface area contributed by atoms with Gasteiger partial charge in [0.05, 0.1) is 12.7 Å². The number of aryl methyl sites for hydroxylation is 1. The van der Waals surface area contributed by atoms with Crippen molar-refractivity contribution >= 4 is 11.8 Å². The topological polar surface area (TPSA) is 74.6 Å². The summed E-state index contributed by atoms with van der Waals surface area (Å²) in [6.45, 7) is 3.86. The van der Waals surface area contributed by atoms with Crippen LogP contribution in [0.5, 0.6) is 5.75 Å². The number of hydrogen-bond acceptors (Lipinski definition) is 5. The Kier molecular flexibility index (Phi) is 7.91. The summed E-state index contributed by atoms with van der Waals surface area (Å²) < 4.78 is 25.2. The van der Waals surface area contributed by atoms with Gasteiger partial charge in [-0.25, -0.2) is 9.18 Å². The second-order valence-electron chi connectivity index (χ2n) is 7.31. The predicted octanol–water partition coefficient (Wildman–Crippen LogP) is 4.35. The first kappa shape index (κ1) is 23.7. The summed E-state index contributed by atoms with van der Waals surface area (Å²) in [7, 11) is 1.20. The summed E-state index contributed by atoms with van der Waals surface area (Å²) in [5.41, 5.74) is 0.678. The van der Waals surface area contributed by atoms with E-state index in [1.54, 1.807) is 12.1 Å². The monoisotopic (exact) mass is 449 g/mol. The van der Waals surface area contributed by atoms with Gasteiger partial charge in [-0.3, -0.25) is 9.59 Å². The zero-order valence-electron chi connectivity index (χ0n) is 18.3. The molecule has 0 aliphatic rings. The number of rotatable bonds is 10. The molecule has 33 heavy (non-hydrogen) atoms. The number of halogens is 1. The highest BCUT2D eigenvalue weighted by molar-refractivity contribution is 5.98. The molecule has 0 amide bonds. The number of ether oxygens (including phenoxy) is 2. The molecule has 0 N–H and O–H groups in total. The molecule has 3 aromatic rings. The Morgan fingerprint density at radius 2 is 1.76 bits per heavy atom. The Labute approximate surface area is 190 Å². The first-order valence-electron chi connectivity index (χ1n) is 10.4. The van der Waals surface area contributed by atoms with Crippen molar-refractivity contribution in [2.45, 2.75) is 26.0 Å².